The molecule has 1 aromatic carbocycles. The predicted molar refractivity (Wildman–Crippen MR) is 81.7 cm³/mol. The highest BCUT2D eigenvalue weighted by atomic mass is 16.5. The molecule has 2 aliphatic carbocycles. The topological polar surface area (TPSA) is 62.3 Å². The molecular weight excluding hydrogens is 266 g/mol. The number of nitrogen functional groups attached to an aromatic ring is 1. The molecule has 3 unspecified atom stereocenters. The lowest BCUT2D eigenvalue weighted by atomic mass is 9.95. The van der Waals surface area contributed by atoms with Gasteiger partial charge in [0.05, 0.1) is 25.3 Å². The minimum absolute atomic E-state index is 0.492. The molecule has 21 heavy (non-hydrogen) atoms. The number of nitrogens with zero attached hydrogens (tertiary/aromatic N) is 2. The Morgan fingerprint density at radius 2 is 1.90 bits per heavy atom. The standard InChI is InChI=1S/C16H21N3O2/c1-20-14-7-11-13(8-15(14)21-2)19(16(17)18-11)12-6-9-3-4-10(12)5-9/h7-10,12H,3-6H2,1-2H3,(H2,17,18). The maximum absolute atomic E-state index is 6.22. The molecule has 2 fully saturated rings. The molecule has 2 saturated carbocycles. The maximum atomic E-state index is 6.22. The van der Waals surface area contributed by atoms with Crippen LogP contribution in [-0.2, 0) is 0 Å². The summed E-state index contributed by atoms with van der Waals surface area (Å²) in [5, 5.41) is 0. The van der Waals surface area contributed by atoms with Crippen LogP contribution in [0, 0.1) is 11.8 Å². The van der Waals surface area contributed by atoms with Crippen molar-refractivity contribution in [3.05, 3.63) is 12.1 Å². The van der Waals surface area contributed by atoms with E-state index in [1.165, 1.54) is 25.7 Å². The molecule has 5 nitrogen and oxygen atoms in total. The predicted octanol–water partition coefficient (Wildman–Crippen LogP) is 3.00. The summed E-state index contributed by atoms with van der Waals surface area (Å²) in [5.74, 6) is 3.66. The van der Waals surface area contributed by atoms with Gasteiger partial charge in [-0.05, 0) is 31.1 Å². The Morgan fingerprint density at radius 3 is 2.52 bits per heavy atom. The average Bonchev–Trinajstić information content (AvgIpc) is 3.17. The largest absolute Gasteiger partial charge is 0.493 e. The number of nitrogens with two attached hydrogens (primary N) is 1. The van der Waals surface area contributed by atoms with E-state index in [2.05, 4.69) is 9.55 Å². The Morgan fingerprint density at radius 1 is 1.14 bits per heavy atom. The summed E-state index contributed by atoms with van der Waals surface area (Å²) in [6.45, 7) is 0. The van der Waals surface area contributed by atoms with Crippen LogP contribution in [0.5, 0.6) is 11.5 Å². The molecule has 2 aromatic rings. The van der Waals surface area contributed by atoms with E-state index in [0.29, 0.717) is 17.7 Å². The first kappa shape index (κ1) is 12.8. The number of hydrogen-bond donors (Lipinski definition) is 1. The third-order valence-corrected chi connectivity index (χ3v) is 5.25. The first-order valence-corrected chi connectivity index (χ1v) is 7.60. The summed E-state index contributed by atoms with van der Waals surface area (Å²) in [6.07, 6.45) is 5.28. The quantitative estimate of drug-likeness (QED) is 0.942. The molecule has 0 amide bonds. The van der Waals surface area contributed by atoms with Crippen molar-refractivity contribution in [2.75, 3.05) is 20.0 Å². The molecule has 2 aliphatic rings. The van der Waals surface area contributed by atoms with Crippen molar-refractivity contribution in [3.8, 4) is 11.5 Å². The molecule has 112 valence electrons. The van der Waals surface area contributed by atoms with Crippen molar-refractivity contribution >= 4 is 17.0 Å². The van der Waals surface area contributed by atoms with Crippen LogP contribution < -0.4 is 15.2 Å². The highest BCUT2D eigenvalue weighted by Gasteiger charge is 2.41. The lowest BCUT2D eigenvalue weighted by Crippen LogP contribution is -2.17. The van der Waals surface area contributed by atoms with E-state index in [4.69, 9.17) is 15.2 Å². The van der Waals surface area contributed by atoms with Gasteiger partial charge in [-0.1, -0.05) is 6.42 Å². The molecule has 5 heteroatoms. The first-order valence-electron chi connectivity index (χ1n) is 7.60. The Bertz CT molecular complexity index is 694. The van der Waals surface area contributed by atoms with Gasteiger partial charge >= 0.3 is 0 Å². The molecule has 0 aliphatic heterocycles. The molecular formula is C16H21N3O2. The van der Waals surface area contributed by atoms with Crippen molar-refractivity contribution in [1.82, 2.24) is 9.55 Å². The summed E-state index contributed by atoms with van der Waals surface area (Å²) in [5.41, 5.74) is 8.16. The monoisotopic (exact) mass is 287 g/mol. The van der Waals surface area contributed by atoms with Gasteiger partial charge < -0.3 is 19.8 Å². The number of methoxy groups -OCH3 is 2. The highest BCUT2D eigenvalue weighted by molar-refractivity contribution is 5.82. The zero-order chi connectivity index (χ0) is 14.6. The lowest BCUT2D eigenvalue weighted by molar-refractivity contribution is 0.338. The molecule has 0 spiro atoms. The van der Waals surface area contributed by atoms with Crippen molar-refractivity contribution in [2.24, 2.45) is 11.8 Å². The first-order chi connectivity index (χ1) is 10.2. The molecule has 0 radical (unpaired) electrons. The Kier molecular flexibility index (Phi) is 2.77. The van der Waals surface area contributed by atoms with Gasteiger partial charge in [-0.25, -0.2) is 4.98 Å². The number of imidazole rings is 1. The average molecular weight is 287 g/mol. The second kappa shape index (κ2) is 4.55. The molecule has 3 atom stereocenters. The summed E-state index contributed by atoms with van der Waals surface area (Å²) in [6, 6.07) is 4.41. The van der Waals surface area contributed by atoms with Crippen LogP contribution in [0.25, 0.3) is 11.0 Å². The normalized spacial score (nSPS) is 27.4. The second-order valence-corrected chi connectivity index (χ2v) is 6.28. The SMILES string of the molecule is COc1cc2nc(N)n(C3CC4CCC3C4)c2cc1OC. The molecule has 2 bridgehead atoms. The number of anilines is 1. The van der Waals surface area contributed by atoms with E-state index in [1.807, 2.05) is 12.1 Å². The van der Waals surface area contributed by atoms with Crippen LogP contribution in [0.4, 0.5) is 5.95 Å². The molecule has 0 saturated heterocycles. The summed E-state index contributed by atoms with van der Waals surface area (Å²) < 4.78 is 13.0. The van der Waals surface area contributed by atoms with Crippen molar-refractivity contribution in [1.29, 1.82) is 0 Å². The third kappa shape index (κ3) is 1.79. The minimum atomic E-state index is 0.492. The summed E-state index contributed by atoms with van der Waals surface area (Å²) in [7, 11) is 3.30. The fourth-order valence-corrected chi connectivity index (χ4v) is 4.32. The number of ether oxygens (including phenoxy) is 2. The van der Waals surface area contributed by atoms with Crippen LogP contribution in [0.3, 0.4) is 0 Å². The molecule has 1 heterocycles. The van der Waals surface area contributed by atoms with Gasteiger partial charge in [-0.15, -0.1) is 0 Å². The van der Waals surface area contributed by atoms with E-state index < -0.39 is 0 Å². The zero-order valence-corrected chi connectivity index (χ0v) is 12.5. The van der Waals surface area contributed by atoms with Crippen LogP contribution >= 0.6 is 0 Å². The number of aromatic nitrogens is 2. The zero-order valence-electron chi connectivity index (χ0n) is 12.5. The van der Waals surface area contributed by atoms with Gasteiger partial charge in [0.15, 0.2) is 11.5 Å². The fraction of sp³-hybridized carbons (Fsp3) is 0.562. The number of fused-ring (bicyclic) bond motifs is 3. The van der Waals surface area contributed by atoms with Crippen molar-refractivity contribution < 1.29 is 9.47 Å². The van der Waals surface area contributed by atoms with Gasteiger partial charge in [0.2, 0.25) is 5.95 Å². The second-order valence-electron chi connectivity index (χ2n) is 6.28. The molecule has 4 rings (SSSR count). The highest BCUT2D eigenvalue weighted by Crippen LogP contribution is 2.52. The van der Waals surface area contributed by atoms with Gasteiger partial charge in [-0.2, -0.15) is 0 Å². The Labute approximate surface area is 124 Å². The van der Waals surface area contributed by atoms with E-state index >= 15 is 0 Å². The fourth-order valence-electron chi connectivity index (χ4n) is 4.32. The van der Waals surface area contributed by atoms with Crippen LogP contribution in [-0.4, -0.2) is 23.8 Å². The number of hydrogen-bond acceptors (Lipinski definition) is 4. The van der Waals surface area contributed by atoms with Gasteiger partial charge in [-0.3, -0.25) is 0 Å². The van der Waals surface area contributed by atoms with E-state index in [-0.39, 0.29) is 0 Å². The smallest absolute Gasteiger partial charge is 0.201 e. The van der Waals surface area contributed by atoms with E-state index in [9.17, 15) is 0 Å². The molecule has 1 aromatic heterocycles. The lowest BCUT2D eigenvalue weighted by Gasteiger charge is -2.24. The van der Waals surface area contributed by atoms with Gasteiger partial charge in [0, 0.05) is 18.2 Å². The van der Waals surface area contributed by atoms with Crippen molar-refractivity contribution in [2.45, 2.75) is 31.7 Å². The van der Waals surface area contributed by atoms with Crippen LogP contribution in [0.15, 0.2) is 12.1 Å². The van der Waals surface area contributed by atoms with Gasteiger partial charge in [0.1, 0.15) is 0 Å². The van der Waals surface area contributed by atoms with Crippen LogP contribution in [0.1, 0.15) is 31.7 Å². The summed E-state index contributed by atoms with van der Waals surface area (Å²) >= 11 is 0. The van der Waals surface area contributed by atoms with Crippen LogP contribution in [0.2, 0.25) is 0 Å². The summed E-state index contributed by atoms with van der Waals surface area (Å²) in [4.78, 5) is 4.53. The number of rotatable bonds is 3. The van der Waals surface area contributed by atoms with E-state index in [1.54, 1.807) is 14.2 Å². The number of benzene rings is 1. The van der Waals surface area contributed by atoms with Crippen molar-refractivity contribution in [3.63, 3.8) is 0 Å². The minimum Gasteiger partial charge on any atom is -0.493 e. The third-order valence-electron chi connectivity index (χ3n) is 5.25. The van der Waals surface area contributed by atoms with Gasteiger partial charge in [0.25, 0.3) is 0 Å². The Hall–Kier alpha value is -1.91. The maximum Gasteiger partial charge on any atom is 0.201 e. The Balaban J connectivity index is 1.86. The van der Waals surface area contributed by atoms with E-state index in [0.717, 1.165) is 28.6 Å². The molecule has 2 N–H and O–H groups in total.